The van der Waals surface area contributed by atoms with Crippen molar-refractivity contribution in [2.45, 2.75) is 25.8 Å². The van der Waals surface area contributed by atoms with Crippen LogP contribution in [0, 0.1) is 0 Å². The normalized spacial score (nSPS) is 14.6. The van der Waals surface area contributed by atoms with Crippen LogP contribution in [0.4, 0.5) is 0 Å². The number of aromatic nitrogens is 2. The molecule has 31 heavy (non-hydrogen) atoms. The first-order valence-corrected chi connectivity index (χ1v) is 11.4. The molecule has 0 radical (unpaired) electrons. The van der Waals surface area contributed by atoms with Crippen molar-refractivity contribution in [2.24, 2.45) is 0 Å². The summed E-state index contributed by atoms with van der Waals surface area (Å²) in [7, 11) is 0. The number of hydrogen-bond donors (Lipinski definition) is 0. The van der Waals surface area contributed by atoms with Crippen LogP contribution in [-0.4, -0.2) is 34.1 Å². The molecule has 0 saturated carbocycles. The third-order valence-electron chi connectivity index (χ3n) is 6.22. The Kier molecular flexibility index (Phi) is 5.94. The average Bonchev–Trinajstić information content (AvgIpc) is 3.20. The van der Waals surface area contributed by atoms with E-state index < -0.39 is 0 Å². The molecule has 0 spiro atoms. The minimum absolute atomic E-state index is 0.962. The second-order valence-corrected chi connectivity index (χ2v) is 8.30. The molecule has 2 heterocycles. The second-order valence-electron chi connectivity index (χ2n) is 8.30. The fourth-order valence-corrected chi connectivity index (χ4v) is 4.56. The Morgan fingerprint density at radius 1 is 0.710 bits per heavy atom. The SMILES string of the molecule is C(=C(c1ccccc1)c1ccccc1)c1nc2ccccc2n1CCN1CCCCC1. The summed E-state index contributed by atoms with van der Waals surface area (Å²) in [6.45, 7) is 4.48. The van der Waals surface area contributed by atoms with Crippen molar-refractivity contribution in [1.82, 2.24) is 14.5 Å². The number of imidazole rings is 1. The van der Waals surface area contributed by atoms with Crippen LogP contribution in [0.25, 0.3) is 22.7 Å². The molecule has 3 nitrogen and oxygen atoms in total. The Morgan fingerprint density at radius 2 is 1.32 bits per heavy atom. The van der Waals surface area contributed by atoms with Crippen LogP contribution < -0.4 is 0 Å². The zero-order chi connectivity index (χ0) is 20.9. The monoisotopic (exact) mass is 407 g/mol. The minimum atomic E-state index is 0.962. The first-order valence-electron chi connectivity index (χ1n) is 11.4. The van der Waals surface area contributed by atoms with Crippen LogP contribution in [0.3, 0.4) is 0 Å². The fourth-order valence-electron chi connectivity index (χ4n) is 4.56. The predicted octanol–water partition coefficient (Wildman–Crippen LogP) is 6.11. The quantitative estimate of drug-likeness (QED) is 0.384. The number of nitrogens with zero attached hydrogens (tertiary/aromatic N) is 3. The predicted molar refractivity (Wildman–Crippen MR) is 130 cm³/mol. The van der Waals surface area contributed by atoms with Crippen molar-refractivity contribution in [3.05, 3.63) is 102 Å². The van der Waals surface area contributed by atoms with Gasteiger partial charge >= 0.3 is 0 Å². The third kappa shape index (κ3) is 4.47. The highest BCUT2D eigenvalue weighted by atomic mass is 15.2. The van der Waals surface area contributed by atoms with E-state index in [1.54, 1.807) is 0 Å². The maximum absolute atomic E-state index is 5.04. The van der Waals surface area contributed by atoms with E-state index in [-0.39, 0.29) is 0 Å². The Labute approximate surface area is 184 Å². The Bertz CT molecular complexity index is 1110. The van der Waals surface area contributed by atoms with Gasteiger partial charge in [0.25, 0.3) is 0 Å². The standard InChI is InChI=1S/C28H29N3/c1-4-12-23(13-5-1)25(24-14-6-2-7-15-24)22-28-29-26-16-8-9-17-27(26)31(28)21-20-30-18-10-3-11-19-30/h1-2,4-9,12-17,22H,3,10-11,18-21H2. The van der Waals surface area contributed by atoms with E-state index in [4.69, 9.17) is 4.98 Å². The molecule has 3 aromatic carbocycles. The van der Waals surface area contributed by atoms with Crippen molar-refractivity contribution in [3.8, 4) is 0 Å². The van der Waals surface area contributed by atoms with E-state index >= 15 is 0 Å². The molecule has 1 aliphatic heterocycles. The Hall–Kier alpha value is -3.17. The highest BCUT2D eigenvalue weighted by Gasteiger charge is 2.14. The molecule has 0 amide bonds. The first kappa shape index (κ1) is 19.8. The number of likely N-dealkylation sites (tertiary alicyclic amines) is 1. The van der Waals surface area contributed by atoms with Gasteiger partial charge in [-0.25, -0.2) is 4.98 Å². The molecule has 0 atom stereocenters. The highest BCUT2D eigenvalue weighted by Crippen LogP contribution is 2.27. The molecule has 4 aromatic rings. The molecular formula is C28H29N3. The molecule has 1 saturated heterocycles. The van der Waals surface area contributed by atoms with Gasteiger partial charge in [-0.1, -0.05) is 79.2 Å². The second kappa shape index (κ2) is 9.32. The first-order chi connectivity index (χ1) is 15.4. The van der Waals surface area contributed by atoms with Crippen LogP contribution in [0.5, 0.6) is 0 Å². The van der Waals surface area contributed by atoms with Crippen molar-refractivity contribution in [1.29, 1.82) is 0 Å². The average molecular weight is 408 g/mol. The maximum atomic E-state index is 5.04. The van der Waals surface area contributed by atoms with Crippen molar-refractivity contribution in [2.75, 3.05) is 19.6 Å². The van der Waals surface area contributed by atoms with E-state index in [0.29, 0.717) is 0 Å². The zero-order valence-corrected chi connectivity index (χ0v) is 18.0. The minimum Gasteiger partial charge on any atom is -0.323 e. The molecule has 1 aromatic heterocycles. The highest BCUT2D eigenvalue weighted by molar-refractivity contribution is 5.92. The zero-order valence-electron chi connectivity index (χ0n) is 18.0. The summed E-state index contributed by atoms with van der Waals surface area (Å²) in [5, 5.41) is 0. The number of fused-ring (bicyclic) bond motifs is 1. The number of rotatable bonds is 6. The lowest BCUT2D eigenvalue weighted by atomic mass is 9.97. The summed E-state index contributed by atoms with van der Waals surface area (Å²) < 4.78 is 2.40. The molecular weight excluding hydrogens is 378 g/mol. The van der Waals surface area contributed by atoms with E-state index in [9.17, 15) is 0 Å². The van der Waals surface area contributed by atoms with Gasteiger partial charge < -0.3 is 9.47 Å². The Balaban J connectivity index is 1.58. The Morgan fingerprint density at radius 3 is 2.00 bits per heavy atom. The van der Waals surface area contributed by atoms with Gasteiger partial charge in [0.05, 0.1) is 11.0 Å². The summed E-state index contributed by atoms with van der Waals surface area (Å²) in [6.07, 6.45) is 6.28. The molecule has 3 heteroatoms. The summed E-state index contributed by atoms with van der Waals surface area (Å²) in [5.74, 6) is 1.03. The van der Waals surface area contributed by atoms with Gasteiger partial charge in [-0.05, 0) is 60.8 Å². The summed E-state index contributed by atoms with van der Waals surface area (Å²) >= 11 is 0. The van der Waals surface area contributed by atoms with Gasteiger partial charge in [-0.3, -0.25) is 0 Å². The number of benzene rings is 3. The van der Waals surface area contributed by atoms with Crippen molar-refractivity contribution in [3.63, 3.8) is 0 Å². The van der Waals surface area contributed by atoms with Crippen LogP contribution in [0.2, 0.25) is 0 Å². The molecule has 0 unspecified atom stereocenters. The molecule has 5 rings (SSSR count). The van der Waals surface area contributed by atoms with Crippen LogP contribution >= 0.6 is 0 Å². The van der Waals surface area contributed by atoms with E-state index in [1.807, 2.05) is 0 Å². The smallest absolute Gasteiger partial charge is 0.134 e. The van der Waals surface area contributed by atoms with Crippen LogP contribution in [0.15, 0.2) is 84.9 Å². The van der Waals surface area contributed by atoms with E-state index in [1.165, 1.54) is 54.6 Å². The van der Waals surface area contributed by atoms with Gasteiger partial charge in [0.2, 0.25) is 0 Å². The lowest BCUT2D eigenvalue weighted by Gasteiger charge is -2.26. The van der Waals surface area contributed by atoms with E-state index in [2.05, 4.69) is 100 Å². The van der Waals surface area contributed by atoms with Crippen molar-refractivity contribution < 1.29 is 0 Å². The molecule has 0 bridgehead atoms. The summed E-state index contributed by atoms with van der Waals surface area (Å²) in [5.41, 5.74) is 5.90. The van der Waals surface area contributed by atoms with E-state index in [0.717, 1.165) is 24.4 Å². The van der Waals surface area contributed by atoms with Gasteiger partial charge in [-0.2, -0.15) is 0 Å². The topological polar surface area (TPSA) is 21.1 Å². The fraction of sp³-hybridized carbons (Fsp3) is 0.250. The summed E-state index contributed by atoms with van der Waals surface area (Å²) in [6, 6.07) is 29.8. The van der Waals surface area contributed by atoms with Gasteiger partial charge in [0, 0.05) is 13.1 Å². The summed E-state index contributed by atoms with van der Waals surface area (Å²) in [4.78, 5) is 7.63. The molecule has 1 aliphatic rings. The van der Waals surface area contributed by atoms with Crippen LogP contribution in [-0.2, 0) is 6.54 Å². The molecule has 156 valence electrons. The molecule has 1 fully saturated rings. The van der Waals surface area contributed by atoms with Crippen LogP contribution in [0.1, 0.15) is 36.2 Å². The maximum Gasteiger partial charge on any atom is 0.134 e. The van der Waals surface area contributed by atoms with Gasteiger partial charge in [-0.15, -0.1) is 0 Å². The molecule has 0 aliphatic carbocycles. The number of para-hydroxylation sites is 2. The third-order valence-corrected chi connectivity index (χ3v) is 6.22. The lowest BCUT2D eigenvalue weighted by Crippen LogP contribution is -2.32. The number of piperidine rings is 1. The number of hydrogen-bond acceptors (Lipinski definition) is 2. The lowest BCUT2D eigenvalue weighted by molar-refractivity contribution is 0.221. The molecule has 0 N–H and O–H groups in total. The van der Waals surface area contributed by atoms with Gasteiger partial charge in [0.1, 0.15) is 5.82 Å². The van der Waals surface area contributed by atoms with Gasteiger partial charge in [0.15, 0.2) is 0 Å². The van der Waals surface area contributed by atoms with Crippen molar-refractivity contribution >= 4 is 22.7 Å². The largest absolute Gasteiger partial charge is 0.323 e.